The summed E-state index contributed by atoms with van der Waals surface area (Å²) in [7, 11) is 0. The highest BCUT2D eigenvalue weighted by Gasteiger charge is 2.39. The van der Waals surface area contributed by atoms with Crippen molar-refractivity contribution in [1.29, 1.82) is 0 Å². The van der Waals surface area contributed by atoms with Gasteiger partial charge >= 0.3 is 5.97 Å². The number of rotatable bonds is 8. The molecule has 7 heteroatoms. The van der Waals surface area contributed by atoms with Gasteiger partial charge in [-0.3, -0.25) is 15.2 Å². The van der Waals surface area contributed by atoms with E-state index >= 15 is 0 Å². The highest BCUT2D eigenvalue weighted by Crippen LogP contribution is 2.26. The number of ether oxygens (including phenoxy) is 1. The summed E-state index contributed by atoms with van der Waals surface area (Å²) < 4.78 is 5.19. The minimum atomic E-state index is -0.616. The van der Waals surface area contributed by atoms with E-state index in [4.69, 9.17) is 4.74 Å². The molecule has 0 spiro atoms. The molecule has 2 N–H and O–H groups in total. The zero-order valence-electron chi connectivity index (χ0n) is 12.2. The highest BCUT2D eigenvalue weighted by atomic mass is 32.2. The van der Waals surface area contributed by atoms with E-state index in [-0.39, 0.29) is 5.97 Å². The van der Waals surface area contributed by atoms with Crippen molar-refractivity contribution in [2.45, 2.75) is 56.8 Å². The van der Waals surface area contributed by atoms with E-state index in [0.717, 1.165) is 29.6 Å². The Morgan fingerprint density at radius 2 is 2.35 bits per heavy atom. The van der Waals surface area contributed by atoms with Crippen molar-refractivity contribution in [3.05, 3.63) is 5.82 Å². The first-order valence-corrected chi connectivity index (χ1v) is 7.99. The molecule has 0 aromatic carbocycles. The maximum absolute atomic E-state index is 12.1. The number of aromatic nitrogens is 3. The van der Waals surface area contributed by atoms with Crippen molar-refractivity contribution in [2.24, 2.45) is 0 Å². The van der Waals surface area contributed by atoms with Gasteiger partial charge in [0.05, 0.1) is 6.61 Å². The number of hydrogen-bond donors (Lipinski definition) is 2. The normalized spacial score (nSPS) is 17.8. The number of nitrogens with zero attached hydrogens (tertiary/aromatic N) is 2. The van der Waals surface area contributed by atoms with Crippen LogP contribution in [0.25, 0.3) is 0 Å². The number of H-pyrrole nitrogens is 1. The van der Waals surface area contributed by atoms with E-state index in [1.165, 1.54) is 0 Å². The Labute approximate surface area is 123 Å². The molecule has 0 saturated heterocycles. The van der Waals surface area contributed by atoms with Crippen molar-refractivity contribution < 1.29 is 9.53 Å². The molecule has 1 aromatic rings. The zero-order valence-corrected chi connectivity index (χ0v) is 13.0. The van der Waals surface area contributed by atoms with Crippen LogP contribution in [0.3, 0.4) is 0 Å². The fourth-order valence-corrected chi connectivity index (χ4v) is 2.94. The van der Waals surface area contributed by atoms with E-state index in [1.54, 1.807) is 11.8 Å². The third-order valence-electron chi connectivity index (χ3n) is 3.24. The van der Waals surface area contributed by atoms with Gasteiger partial charge < -0.3 is 4.74 Å². The second-order valence-corrected chi connectivity index (χ2v) is 6.34. The quantitative estimate of drug-likeness (QED) is 0.561. The third-order valence-corrected chi connectivity index (χ3v) is 4.08. The number of carbonyl (C=O) groups is 1. The lowest BCUT2D eigenvalue weighted by Gasteiger charge is -2.28. The standard InChI is InChI=1S/C13H22N4O2S/c1-4-19-11(18)13(3,15-10-5-6-10)7-8-20-12-14-9(2)16-17-12/h10,15H,4-8H2,1-3H3,(H,14,16,17). The minimum absolute atomic E-state index is 0.168. The van der Waals surface area contributed by atoms with Crippen LogP contribution in [-0.4, -0.2) is 45.1 Å². The number of thioether (sulfide) groups is 1. The molecule has 1 aliphatic rings. The number of esters is 1. The second kappa shape index (κ2) is 6.58. The number of nitrogens with one attached hydrogen (secondary N) is 2. The minimum Gasteiger partial charge on any atom is -0.465 e. The Bertz CT molecular complexity index is 461. The van der Waals surface area contributed by atoms with Crippen molar-refractivity contribution >= 4 is 17.7 Å². The largest absolute Gasteiger partial charge is 0.465 e. The first-order valence-electron chi connectivity index (χ1n) is 7.00. The molecule has 1 heterocycles. The predicted octanol–water partition coefficient (Wildman–Crippen LogP) is 1.67. The van der Waals surface area contributed by atoms with Gasteiger partial charge in [-0.2, -0.15) is 0 Å². The van der Waals surface area contributed by atoms with E-state index in [2.05, 4.69) is 20.5 Å². The second-order valence-electron chi connectivity index (χ2n) is 5.27. The molecule has 1 unspecified atom stereocenters. The average Bonchev–Trinajstić information content (AvgIpc) is 3.10. The first kappa shape index (κ1) is 15.3. The summed E-state index contributed by atoms with van der Waals surface area (Å²) in [6, 6.07) is 0.458. The molecule has 0 bridgehead atoms. The summed E-state index contributed by atoms with van der Waals surface area (Å²) in [4.78, 5) is 16.4. The number of hydrogen-bond acceptors (Lipinski definition) is 6. The molecule has 6 nitrogen and oxygen atoms in total. The fourth-order valence-electron chi connectivity index (χ4n) is 1.93. The lowest BCUT2D eigenvalue weighted by atomic mass is 9.99. The van der Waals surface area contributed by atoms with E-state index < -0.39 is 5.54 Å². The highest BCUT2D eigenvalue weighted by molar-refractivity contribution is 7.99. The predicted molar refractivity (Wildman–Crippen MR) is 77.7 cm³/mol. The molecule has 112 valence electrons. The van der Waals surface area contributed by atoms with Gasteiger partial charge in [-0.1, -0.05) is 11.8 Å². The summed E-state index contributed by atoms with van der Waals surface area (Å²) in [5.74, 6) is 1.40. The van der Waals surface area contributed by atoms with Crippen LogP contribution in [-0.2, 0) is 9.53 Å². The maximum Gasteiger partial charge on any atom is 0.326 e. The number of carbonyl (C=O) groups excluding carboxylic acids is 1. The van der Waals surface area contributed by atoms with Gasteiger partial charge in [0, 0.05) is 11.8 Å². The van der Waals surface area contributed by atoms with Crippen molar-refractivity contribution in [1.82, 2.24) is 20.5 Å². The average molecular weight is 298 g/mol. The van der Waals surface area contributed by atoms with Crippen molar-refractivity contribution in [3.63, 3.8) is 0 Å². The Morgan fingerprint density at radius 1 is 1.60 bits per heavy atom. The molecule has 0 amide bonds. The Morgan fingerprint density at radius 3 is 2.90 bits per heavy atom. The molecule has 1 fully saturated rings. The molecular formula is C13H22N4O2S. The van der Waals surface area contributed by atoms with Gasteiger partial charge in [-0.05, 0) is 40.0 Å². The molecule has 1 saturated carbocycles. The summed E-state index contributed by atoms with van der Waals surface area (Å²) in [5.41, 5.74) is -0.616. The Kier molecular flexibility index (Phi) is 5.04. The van der Waals surface area contributed by atoms with Crippen LogP contribution in [0, 0.1) is 6.92 Å². The SMILES string of the molecule is CCOC(=O)C(C)(CCSc1n[nH]c(C)n1)NC1CC1. The van der Waals surface area contributed by atoms with Crippen LogP contribution in [0.4, 0.5) is 0 Å². The summed E-state index contributed by atoms with van der Waals surface area (Å²) in [6.45, 7) is 6.04. The van der Waals surface area contributed by atoms with E-state index in [1.807, 2.05) is 20.8 Å². The van der Waals surface area contributed by atoms with Crippen LogP contribution < -0.4 is 5.32 Å². The van der Waals surface area contributed by atoms with Gasteiger partial charge in [0.1, 0.15) is 11.4 Å². The van der Waals surface area contributed by atoms with E-state index in [9.17, 15) is 4.79 Å². The third kappa shape index (κ3) is 4.21. The van der Waals surface area contributed by atoms with Crippen LogP contribution in [0.5, 0.6) is 0 Å². The first-order chi connectivity index (χ1) is 9.53. The van der Waals surface area contributed by atoms with Crippen molar-refractivity contribution in [2.75, 3.05) is 12.4 Å². The zero-order chi connectivity index (χ0) is 14.6. The van der Waals surface area contributed by atoms with Gasteiger partial charge in [0.15, 0.2) is 0 Å². The van der Waals surface area contributed by atoms with Crippen molar-refractivity contribution in [3.8, 4) is 0 Å². The summed E-state index contributed by atoms with van der Waals surface area (Å²) in [5, 5.41) is 11.0. The topological polar surface area (TPSA) is 79.9 Å². The van der Waals surface area contributed by atoms with E-state index in [0.29, 0.717) is 19.1 Å². The van der Waals surface area contributed by atoms with Gasteiger partial charge in [-0.25, -0.2) is 4.98 Å². The smallest absolute Gasteiger partial charge is 0.326 e. The van der Waals surface area contributed by atoms with Gasteiger partial charge in [0.2, 0.25) is 5.16 Å². The maximum atomic E-state index is 12.1. The lowest BCUT2D eigenvalue weighted by Crippen LogP contribution is -2.52. The molecule has 1 aliphatic carbocycles. The van der Waals surface area contributed by atoms with Gasteiger partial charge in [-0.15, -0.1) is 5.10 Å². The number of aromatic amines is 1. The molecular weight excluding hydrogens is 276 g/mol. The van der Waals surface area contributed by atoms with Crippen LogP contribution in [0.2, 0.25) is 0 Å². The Balaban J connectivity index is 1.87. The van der Waals surface area contributed by atoms with Crippen LogP contribution in [0.1, 0.15) is 38.9 Å². The molecule has 2 rings (SSSR count). The monoisotopic (exact) mass is 298 g/mol. The Hall–Kier alpha value is -1.08. The summed E-state index contributed by atoms with van der Waals surface area (Å²) >= 11 is 1.55. The summed E-state index contributed by atoms with van der Waals surface area (Å²) in [6.07, 6.45) is 2.98. The fraction of sp³-hybridized carbons (Fsp3) is 0.769. The molecule has 20 heavy (non-hydrogen) atoms. The van der Waals surface area contributed by atoms with Gasteiger partial charge in [0.25, 0.3) is 0 Å². The lowest BCUT2D eigenvalue weighted by molar-refractivity contribution is -0.150. The van der Waals surface area contributed by atoms with Crippen LogP contribution >= 0.6 is 11.8 Å². The molecule has 1 atom stereocenters. The molecule has 0 radical (unpaired) electrons. The van der Waals surface area contributed by atoms with Crippen LogP contribution in [0.15, 0.2) is 5.16 Å². The molecule has 1 aromatic heterocycles. The number of aryl methyl sites for hydroxylation is 1. The molecule has 0 aliphatic heterocycles.